The first kappa shape index (κ1) is 21.1. The summed E-state index contributed by atoms with van der Waals surface area (Å²) in [6, 6.07) is 19.9. The van der Waals surface area contributed by atoms with E-state index in [9.17, 15) is 4.79 Å². The average molecular weight is 442 g/mol. The Morgan fingerprint density at radius 1 is 0.939 bits per heavy atom. The molecule has 0 atom stereocenters. The maximum atomic E-state index is 12.5. The first-order chi connectivity index (χ1) is 16.3. The zero-order chi connectivity index (χ0) is 22.5. The standard InChI is InChI=1S/C26H27N5O2/c32-23(27-18-22-30-29-21-14-8-3-9-17-31(21)22)15-16-24-28-25(19-10-4-1-5-11-19)26(33-24)20-12-6-2-7-13-20/h1-2,4-7,10-13H,3,8-9,14-18H2,(H,27,32). The SMILES string of the molecule is O=C(CCc1nc(-c2ccccc2)c(-c2ccccc2)o1)NCc1nnc2n1CCCCC2. The molecule has 33 heavy (non-hydrogen) atoms. The number of amides is 1. The molecule has 0 saturated carbocycles. The topological polar surface area (TPSA) is 85.8 Å². The third kappa shape index (κ3) is 4.87. The molecule has 1 N–H and O–H groups in total. The van der Waals surface area contributed by atoms with E-state index in [1.54, 1.807) is 0 Å². The highest BCUT2D eigenvalue weighted by Gasteiger charge is 2.18. The van der Waals surface area contributed by atoms with Crippen molar-refractivity contribution < 1.29 is 9.21 Å². The van der Waals surface area contributed by atoms with Gasteiger partial charge in [-0.3, -0.25) is 4.79 Å². The largest absolute Gasteiger partial charge is 0.440 e. The van der Waals surface area contributed by atoms with E-state index < -0.39 is 0 Å². The molecule has 0 spiro atoms. The molecule has 1 aliphatic heterocycles. The minimum Gasteiger partial charge on any atom is -0.440 e. The molecule has 0 radical (unpaired) electrons. The highest BCUT2D eigenvalue weighted by molar-refractivity contribution is 5.77. The number of rotatable bonds is 7. The predicted molar refractivity (Wildman–Crippen MR) is 125 cm³/mol. The normalized spacial score (nSPS) is 13.3. The molecule has 0 saturated heterocycles. The van der Waals surface area contributed by atoms with E-state index in [1.807, 2.05) is 60.7 Å². The zero-order valence-corrected chi connectivity index (χ0v) is 18.5. The van der Waals surface area contributed by atoms with Crippen LogP contribution < -0.4 is 5.32 Å². The summed E-state index contributed by atoms with van der Waals surface area (Å²) in [5, 5.41) is 11.6. The zero-order valence-electron chi connectivity index (χ0n) is 18.5. The number of benzene rings is 2. The summed E-state index contributed by atoms with van der Waals surface area (Å²) < 4.78 is 8.28. The minimum atomic E-state index is -0.0540. The maximum Gasteiger partial charge on any atom is 0.220 e. The summed E-state index contributed by atoms with van der Waals surface area (Å²) in [6.45, 7) is 1.32. The third-order valence-corrected chi connectivity index (χ3v) is 5.95. The van der Waals surface area contributed by atoms with Gasteiger partial charge in [0.1, 0.15) is 11.5 Å². The fourth-order valence-corrected chi connectivity index (χ4v) is 4.21. The van der Waals surface area contributed by atoms with Crippen LogP contribution in [0.5, 0.6) is 0 Å². The molecule has 4 aromatic rings. The van der Waals surface area contributed by atoms with Crippen LogP contribution in [0.25, 0.3) is 22.6 Å². The molecule has 168 valence electrons. The van der Waals surface area contributed by atoms with E-state index >= 15 is 0 Å². The predicted octanol–water partition coefficient (Wildman–Crippen LogP) is 4.58. The van der Waals surface area contributed by atoms with Gasteiger partial charge < -0.3 is 14.3 Å². The van der Waals surface area contributed by atoms with Crippen molar-refractivity contribution in [3.05, 3.63) is 78.2 Å². The number of carbonyl (C=O) groups is 1. The smallest absolute Gasteiger partial charge is 0.220 e. The van der Waals surface area contributed by atoms with Gasteiger partial charge in [-0.2, -0.15) is 0 Å². The lowest BCUT2D eigenvalue weighted by atomic mass is 10.1. The Hall–Kier alpha value is -3.74. The number of fused-ring (bicyclic) bond motifs is 1. The van der Waals surface area contributed by atoms with Crippen molar-refractivity contribution in [2.45, 2.75) is 51.6 Å². The first-order valence-electron chi connectivity index (χ1n) is 11.6. The van der Waals surface area contributed by atoms with Gasteiger partial charge in [-0.25, -0.2) is 4.98 Å². The average Bonchev–Trinajstić information content (AvgIpc) is 3.39. The molecule has 3 heterocycles. The number of aromatic nitrogens is 4. The van der Waals surface area contributed by atoms with Gasteiger partial charge in [0, 0.05) is 36.9 Å². The Balaban J connectivity index is 1.26. The summed E-state index contributed by atoms with van der Waals surface area (Å²) in [6.07, 6.45) is 5.17. The number of aryl methyl sites for hydroxylation is 2. The molecular formula is C26H27N5O2. The second kappa shape index (κ2) is 9.81. The van der Waals surface area contributed by atoms with E-state index in [2.05, 4.69) is 20.1 Å². The molecule has 1 aliphatic rings. The molecular weight excluding hydrogens is 414 g/mol. The van der Waals surface area contributed by atoms with Crippen LogP contribution in [0.15, 0.2) is 65.1 Å². The van der Waals surface area contributed by atoms with Gasteiger partial charge in [0.15, 0.2) is 17.5 Å². The highest BCUT2D eigenvalue weighted by atomic mass is 16.4. The van der Waals surface area contributed by atoms with Crippen molar-refractivity contribution in [3.8, 4) is 22.6 Å². The van der Waals surface area contributed by atoms with Crippen LogP contribution in [-0.2, 0) is 30.7 Å². The van der Waals surface area contributed by atoms with Gasteiger partial charge in [-0.1, -0.05) is 67.1 Å². The number of nitrogens with one attached hydrogen (secondary N) is 1. The second-order valence-corrected chi connectivity index (χ2v) is 8.29. The van der Waals surface area contributed by atoms with Crippen LogP contribution >= 0.6 is 0 Å². The summed E-state index contributed by atoms with van der Waals surface area (Å²) in [5.41, 5.74) is 2.75. The van der Waals surface area contributed by atoms with Crippen molar-refractivity contribution in [3.63, 3.8) is 0 Å². The van der Waals surface area contributed by atoms with E-state index in [4.69, 9.17) is 9.40 Å². The van der Waals surface area contributed by atoms with E-state index in [0.29, 0.717) is 25.3 Å². The van der Waals surface area contributed by atoms with Crippen molar-refractivity contribution in [2.75, 3.05) is 0 Å². The van der Waals surface area contributed by atoms with E-state index in [1.165, 1.54) is 6.42 Å². The maximum absolute atomic E-state index is 12.5. The monoisotopic (exact) mass is 441 g/mol. The lowest BCUT2D eigenvalue weighted by Gasteiger charge is -2.08. The van der Waals surface area contributed by atoms with Gasteiger partial charge in [0.2, 0.25) is 5.91 Å². The van der Waals surface area contributed by atoms with Crippen LogP contribution in [-0.4, -0.2) is 25.7 Å². The lowest BCUT2D eigenvalue weighted by Crippen LogP contribution is -2.25. The van der Waals surface area contributed by atoms with E-state index in [0.717, 1.165) is 60.0 Å². The number of oxazole rings is 1. The molecule has 0 bridgehead atoms. The molecule has 0 unspecified atom stereocenters. The molecule has 0 aliphatic carbocycles. The minimum absolute atomic E-state index is 0.0540. The molecule has 2 aromatic carbocycles. The van der Waals surface area contributed by atoms with Crippen LogP contribution in [0, 0.1) is 0 Å². The number of hydrogen-bond donors (Lipinski definition) is 1. The van der Waals surface area contributed by atoms with Crippen molar-refractivity contribution >= 4 is 5.91 Å². The molecule has 7 heteroatoms. The molecule has 5 rings (SSSR count). The molecule has 1 amide bonds. The lowest BCUT2D eigenvalue weighted by molar-refractivity contribution is -0.121. The summed E-state index contributed by atoms with van der Waals surface area (Å²) in [7, 11) is 0. The Bertz CT molecular complexity index is 1160. The quantitative estimate of drug-likeness (QED) is 0.454. The van der Waals surface area contributed by atoms with Crippen LogP contribution in [0.2, 0.25) is 0 Å². The van der Waals surface area contributed by atoms with Gasteiger partial charge in [0.05, 0.1) is 6.54 Å². The van der Waals surface area contributed by atoms with Gasteiger partial charge in [0.25, 0.3) is 0 Å². The molecule has 0 fully saturated rings. The first-order valence-corrected chi connectivity index (χ1v) is 11.6. The second-order valence-electron chi connectivity index (χ2n) is 8.29. The van der Waals surface area contributed by atoms with E-state index in [-0.39, 0.29) is 5.91 Å². The Labute approximate surface area is 192 Å². The fraction of sp³-hybridized carbons (Fsp3) is 0.308. The van der Waals surface area contributed by atoms with Gasteiger partial charge >= 0.3 is 0 Å². The number of nitrogens with zero attached hydrogens (tertiary/aromatic N) is 4. The fourth-order valence-electron chi connectivity index (χ4n) is 4.21. The third-order valence-electron chi connectivity index (χ3n) is 5.95. The molecule has 2 aromatic heterocycles. The number of carbonyl (C=O) groups excluding carboxylic acids is 1. The Morgan fingerprint density at radius 2 is 1.70 bits per heavy atom. The molecule has 7 nitrogen and oxygen atoms in total. The van der Waals surface area contributed by atoms with Gasteiger partial charge in [-0.15, -0.1) is 10.2 Å². The highest BCUT2D eigenvalue weighted by Crippen LogP contribution is 2.32. The van der Waals surface area contributed by atoms with Gasteiger partial charge in [-0.05, 0) is 12.8 Å². The van der Waals surface area contributed by atoms with Crippen LogP contribution in [0.1, 0.15) is 43.2 Å². The Kier molecular flexibility index (Phi) is 6.28. The summed E-state index contributed by atoms with van der Waals surface area (Å²) >= 11 is 0. The summed E-state index contributed by atoms with van der Waals surface area (Å²) in [5.74, 6) is 3.08. The number of hydrogen-bond acceptors (Lipinski definition) is 5. The Morgan fingerprint density at radius 3 is 2.48 bits per heavy atom. The van der Waals surface area contributed by atoms with Crippen molar-refractivity contribution in [1.82, 2.24) is 25.1 Å². The van der Waals surface area contributed by atoms with Crippen LogP contribution in [0.4, 0.5) is 0 Å². The van der Waals surface area contributed by atoms with Crippen molar-refractivity contribution in [1.29, 1.82) is 0 Å². The van der Waals surface area contributed by atoms with Crippen molar-refractivity contribution in [2.24, 2.45) is 0 Å². The van der Waals surface area contributed by atoms with Crippen LogP contribution in [0.3, 0.4) is 0 Å². The summed E-state index contributed by atoms with van der Waals surface area (Å²) in [4.78, 5) is 17.3.